The van der Waals surface area contributed by atoms with Crippen LogP contribution in [-0.2, 0) is 11.2 Å². The van der Waals surface area contributed by atoms with Crippen LogP contribution in [-0.4, -0.2) is 25.0 Å². The molecule has 1 aliphatic rings. The van der Waals surface area contributed by atoms with Gasteiger partial charge in [-0.1, -0.05) is 24.3 Å². The van der Waals surface area contributed by atoms with Gasteiger partial charge in [-0.25, -0.2) is 0 Å². The van der Waals surface area contributed by atoms with Crippen LogP contribution in [0.25, 0.3) is 0 Å². The van der Waals surface area contributed by atoms with Crippen LogP contribution in [0.3, 0.4) is 0 Å². The standard InChI is InChI=1S/C13H18N2O/c1-10-4-2-3-5-11(10)8-13(16)15-12-6-7-14-9-12/h2-5,12,14H,6-9H2,1H3,(H,15,16)/t12-/m1/s1. The molecule has 1 heterocycles. The molecule has 0 radical (unpaired) electrons. The molecule has 0 aliphatic carbocycles. The maximum Gasteiger partial charge on any atom is 0.224 e. The first kappa shape index (κ1) is 11.1. The monoisotopic (exact) mass is 218 g/mol. The Balaban J connectivity index is 1.89. The third-order valence-electron chi connectivity index (χ3n) is 3.04. The molecule has 2 N–H and O–H groups in total. The molecule has 1 aromatic carbocycles. The number of hydrogen-bond acceptors (Lipinski definition) is 2. The highest BCUT2D eigenvalue weighted by Crippen LogP contribution is 2.08. The summed E-state index contributed by atoms with van der Waals surface area (Å²) in [6, 6.07) is 8.35. The van der Waals surface area contributed by atoms with Crippen molar-refractivity contribution in [2.75, 3.05) is 13.1 Å². The molecule has 0 saturated carbocycles. The van der Waals surface area contributed by atoms with Gasteiger partial charge >= 0.3 is 0 Å². The van der Waals surface area contributed by atoms with Crippen LogP contribution in [0.4, 0.5) is 0 Å². The lowest BCUT2D eigenvalue weighted by Crippen LogP contribution is -2.37. The van der Waals surface area contributed by atoms with Crippen LogP contribution in [0.2, 0.25) is 0 Å². The van der Waals surface area contributed by atoms with E-state index in [1.54, 1.807) is 0 Å². The zero-order valence-electron chi connectivity index (χ0n) is 9.62. The maximum absolute atomic E-state index is 11.8. The maximum atomic E-state index is 11.8. The normalized spacial score (nSPS) is 19.7. The van der Waals surface area contributed by atoms with Crippen molar-refractivity contribution in [2.45, 2.75) is 25.8 Å². The summed E-state index contributed by atoms with van der Waals surface area (Å²) in [6.45, 7) is 3.95. The quantitative estimate of drug-likeness (QED) is 0.795. The number of aryl methyl sites for hydroxylation is 1. The first-order valence-corrected chi connectivity index (χ1v) is 5.80. The Morgan fingerprint density at radius 1 is 1.50 bits per heavy atom. The molecule has 1 saturated heterocycles. The number of hydrogen-bond donors (Lipinski definition) is 2. The van der Waals surface area contributed by atoms with Crippen molar-refractivity contribution in [1.29, 1.82) is 0 Å². The Kier molecular flexibility index (Phi) is 3.57. The number of rotatable bonds is 3. The van der Waals surface area contributed by atoms with Gasteiger partial charge in [-0.3, -0.25) is 4.79 Å². The molecule has 16 heavy (non-hydrogen) atoms. The van der Waals surface area contributed by atoms with E-state index in [1.807, 2.05) is 31.2 Å². The molecule has 0 unspecified atom stereocenters. The third-order valence-corrected chi connectivity index (χ3v) is 3.04. The van der Waals surface area contributed by atoms with Crippen LogP contribution in [0.15, 0.2) is 24.3 Å². The van der Waals surface area contributed by atoms with Gasteiger partial charge in [0, 0.05) is 12.6 Å². The Morgan fingerprint density at radius 3 is 3.00 bits per heavy atom. The van der Waals surface area contributed by atoms with Gasteiger partial charge in [-0.2, -0.15) is 0 Å². The fourth-order valence-electron chi connectivity index (χ4n) is 2.04. The smallest absolute Gasteiger partial charge is 0.224 e. The minimum Gasteiger partial charge on any atom is -0.352 e. The second-order valence-electron chi connectivity index (χ2n) is 4.36. The summed E-state index contributed by atoms with van der Waals surface area (Å²) in [5.41, 5.74) is 2.30. The zero-order valence-corrected chi connectivity index (χ0v) is 9.62. The minimum atomic E-state index is 0.128. The van der Waals surface area contributed by atoms with Crippen molar-refractivity contribution in [3.63, 3.8) is 0 Å². The van der Waals surface area contributed by atoms with Gasteiger partial charge in [0.2, 0.25) is 5.91 Å². The highest BCUT2D eigenvalue weighted by molar-refractivity contribution is 5.79. The summed E-state index contributed by atoms with van der Waals surface area (Å²) in [4.78, 5) is 11.8. The van der Waals surface area contributed by atoms with Gasteiger partial charge in [0.15, 0.2) is 0 Å². The second kappa shape index (κ2) is 5.12. The SMILES string of the molecule is Cc1ccccc1CC(=O)N[C@@H]1CCNC1. The molecule has 0 aromatic heterocycles. The number of amides is 1. The van der Waals surface area contributed by atoms with E-state index in [-0.39, 0.29) is 5.91 Å². The van der Waals surface area contributed by atoms with E-state index in [4.69, 9.17) is 0 Å². The average molecular weight is 218 g/mol. The molecule has 3 nitrogen and oxygen atoms in total. The fraction of sp³-hybridized carbons (Fsp3) is 0.462. The third kappa shape index (κ3) is 2.83. The number of nitrogens with one attached hydrogen (secondary N) is 2. The van der Waals surface area contributed by atoms with Crippen molar-refractivity contribution in [2.24, 2.45) is 0 Å². The van der Waals surface area contributed by atoms with Gasteiger partial charge in [-0.05, 0) is 31.0 Å². The van der Waals surface area contributed by atoms with Gasteiger partial charge in [0.05, 0.1) is 6.42 Å². The molecule has 2 rings (SSSR count). The molecule has 86 valence electrons. The van der Waals surface area contributed by atoms with E-state index in [0.29, 0.717) is 12.5 Å². The molecule has 1 fully saturated rings. The fourth-order valence-corrected chi connectivity index (χ4v) is 2.04. The van der Waals surface area contributed by atoms with Crippen LogP contribution in [0, 0.1) is 6.92 Å². The van der Waals surface area contributed by atoms with Gasteiger partial charge < -0.3 is 10.6 Å². The lowest BCUT2D eigenvalue weighted by Gasteiger charge is -2.12. The van der Waals surface area contributed by atoms with E-state index >= 15 is 0 Å². The lowest BCUT2D eigenvalue weighted by molar-refractivity contribution is -0.121. The topological polar surface area (TPSA) is 41.1 Å². The molecule has 1 aromatic rings. The van der Waals surface area contributed by atoms with Crippen molar-refractivity contribution >= 4 is 5.91 Å². The van der Waals surface area contributed by atoms with E-state index in [0.717, 1.165) is 25.1 Å². The molecule has 1 aliphatic heterocycles. The second-order valence-corrected chi connectivity index (χ2v) is 4.36. The number of carbonyl (C=O) groups excluding carboxylic acids is 1. The summed E-state index contributed by atoms with van der Waals surface area (Å²) in [5, 5.41) is 6.29. The first-order chi connectivity index (χ1) is 7.75. The van der Waals surface area contributed by atoms with Crippen LogP contribution >= 0.6 is 0 Å². The van der Waals surface area contributed by atoms with Crippen LogP contribution < -0.4 is 10.6 Å². The van der Waals surface area contributed by atoms with Gasteiger partial charge in [0.25, 0.3) is 0 Å². The predicted octanol–water partition coefficient (Wildman–Crippen LogP) is 1.02. The number of benzene rings is 1. The highest BCUT2D eigenvalue weighted by atomic mass is 16.1. The Morgan fingerprint density at radius 2 is 2.31 bits per heavy atom. The van der Waals surface area contributed by atoms with E-state index < -0.39 is 0 Å². The Hall–Kier alpha value is -1.35. The molecule has 0 bridgehead atoms. The Labute approximate surface area is 96.2 Å². The van der Waals surface area contributed by atoms with Crippen molar-refractivity contribution in [1.82, 2.24) is 10.6 Å². The predicted molar refractivity (Wildman–Crippen MR) is 64.3 cm³/mol. The minimum absolute atomic E-state index is 0.128. The van der Waals surface area contributed by atoms with Gasteiger partial charge in [-0.15, -0.1) is 0 Å². The average Bonchev–Trinajstić information content (AvgIpc) is 2.74. The summed E-state index contributed by atoms with van der Waals surface area (Å²) in [7, 11) is 0. The Bertz CT molecular complexity index is 370. The highest BCUT2D eigenvalue weighted by Gasteiger charge is 2.16. The zero-order chi connectivity index (χ0) is 11.4. The summed E-state index contributed by atoms with van der Waals surface area (Å²) < 4.78 is 0. The first-order valence-electron chi connectivity index (χ1n) is 5.80. The van der Waals surface area contributed by atoms with E-state index in [2.05, 4.69) is 10.6 Å². The molecule has 1 atom stereocenters. The summed E-state index contributed by atoms with van der Waals surface area (Å²) in [5.74, 6) is 0.128. The van der Waals surface area contributed by atoms with E-state index in [9.17, 15) is 4.79 Å². The largest absolute Gasteiger partial charge is 0.352 e. The molecule has 3 heteroatoms. The molecule has 0 spiro atoms. The molecular weight excluding hydrogens is 200 g/mol. The van der Waals surface area contributed by atoms with Crippen molar-refractivity contribution in [3.05, 3.63) is 35.4 Å². The summed E-state index contributed by atoms with van der Waals surface area (Å²) in [6.07, 6.45) is 1.53. The van der Waals surface area contributed by atoms with E-state index in [1.165, 1.54) is 5.56 Å². The lowest BCUT2D eigenvalue weighted by atomic mass is 10.1. The molecular formula is C13H18N2O. The number of carbonyl (C=O) groups is 1. The van der Waals surface area contributed by atoms with Crippen molar-refractivity contribution in [3.8, 4) is 0 Å². The van der Waals surface area contributed by atoms with Gasteiger partial charge in [0.1, 0.15) is 0 Å². The molecule has 1 amide bonds. The van der Waals surface area contributed by atoms with Crippen LogP contribution in [0.1, 0.15) is 17.5 Å². The van der Waals surface area contributed by atoms with Crippen LogP contribution in [0.5, 0.6) is 0 Å². The van der Waals surface area contributed by atoms with Crippen molar-refractivity contribution < 1.29 is 4.79 Å². The summed E-state index contributed by atoms with van der Waals surface area (Å²) >= 11 is 0.